The molecule has 0 amide bonds. The third-order valence-electron chi connectivity index (χ3n) is 4.32. The smallest absolute Gasteiger partial charge is 0.119 e. The zero-order valence-corrected chi connectivity index (χ0v) is 12.7. The van der Waals surface area contributed by atoms with E-state index < -0.39 is 0 Å². The summed E-state index contributed by atoms with van der Waals surface area (Å²) >= 11 is 0. The van der Waals surface area contributed by atoms with Gasteiger partial charge in [0, 0.05) is 28.9 Å². The molecule has 108 valence electrons. The summed E-state index contributed by atoms with van der Waals surface area (Å²) in [5.41, 5.74) is 4.89. The van der Waals surface area contributed by atoms with Crippen molar-refractivity contribution in [2.24, 2.45) is 7.05 Å². The van der Waals surface area contributed by atoms with Crippen LogP contribution in [0.2, 0.25) is 0 Å². The van der Waals surface area contributed by atoms with Gasteiger partial charge in [0.05, 0.1) is 7.11 Å². The highest BCUT2D eigenvalue weighted by Gasteiger charge is 2.09. The number of para-hydroxylation sites is 1. The lowest BCUT2D eigenvalue weighted by atomic mass is 10.0. The topological polar surface area (TPSA) is 14.2 Å². The van der Waals surface area contributed by atoms with E-state index in [1.807, 2.05) is 12.1 Å². The van der Waals surface area contributed by atoms with E-state index in [0.29, 0.717) is 0 Å². The van der Waals surface area contributed by atoms with E-state index in [0.717, 1.165) is 5.75 Å². The summed E-state index contributed by atoms with van der Waals surface area (Å²) in [7, 11) is 3.83. The minimum absolute atomic E-state index is 0.884. The zero-order valence-electron chi connectivity index (χ0n) is 12.7. The van der Waals surface area contributed by atoms with Gasteiger partial charge in [-0.1, -0.05) is 42.5 Å². The first-order chi connectivity index (χ1) is 10.8. The van der Waals surface area contributed by atoms with Gasteiger partial charge in [0.25, 0.3) is 0 Å². The van der Waals surface area contributed by atoms with Gasteiger partial charge in [-0.3, -0.25) is 0 Å². The lowest BCUT2D eigenvalue weighted by molar-refractivity contribution is 0.415. The van der Waals surface area contributed by atoms with Crippen molar-refractivity contribution < 1.29 is 4.74 Å². The molecule has 0 aliphatic rings. The summed E-state index contributed by atoms with van der Waals surface area (Å²) in [5, 5.41) is 2.60. The molecular weight excluding hydrogens is 270 g/mol. The molecule has 22 heavy (non-hydrogen) atoms. The Morgan fingerprint density at radius 3 is 2.36 bits per heavy atom. The second-order valence-corrected chi connectivity index (χ2v) is 5.54. The second-order valence-electron chi connectivity index (χ2n) is 5.54. The number of fused-ring (bicyclic) bond motifs is 3. The molecule has 2 nitrogen and oxygen atoms in total. The third-order valence-corrected chi connectivity index (χ3v) is 4.32. The van der Waals surface area contributed by atoms with Gasteiger partial charge in [0.1, 0.15) is 5.75 Å². The predicted molar refractivity (Wildman–Crippen MR) is 92.4 cm³/mol. The molecule has 0 N–H and O–H groups in total. The lowest BCUT2D eigenvalue weighted by Gasteiger charge is -2.06. The zero-order chi connectivity index (χ0) is 15.1. The van der Waals surface area contributed by atoms with E-state index in [2.05, 4.69) is 66.2 Å². The normalized spacial score (nSPS) is 11.2. The molecule has 3 aromatic carbocycles. The van der Waals surface area contributed by atoms with Gasteiger partial charge in [0.15, 0.2) is 0 Å². The van der Waals surface area contributed by atoms with Gasteiger partial charge in [0.2, 0.25) is 0 Å². The molecule has 1 aromatic heterocycles. The highest BCUT2D eigenvalue weighted by Crippen LogP contribution is 2.32. The van der Waals surface area contributed by atoms with Crippen LogP contribution >= 0.6 is 0 Å². The van der Waals surface area contributed by atoms with Gasteiger partial charge in [-0.15, -0.1) is 0 Å². The van der Waals surface area contributed by atoms with E-state index in [-0.39, 0.29) is 0 Å². The molecule has 0 radical (unpaired) electrons. The third kappa shape index (κ3) is 1.88. The minimum atomic E-state index is 0.884. The molecule has 0 aliphatic carbocycles. The van der Waals surface area contributed by atoms with E-state index in [1.165, 1.54) is 32.9 Å². The van der Waals surface area contributed by atoms with Crippen LogP contribution in [0, 0.1) is 0 Å². The number of methoxy groups -OCH3 is 1. The number of hydrogen-bond acceptors (Lipinski definition) is 1. The van der Waals surface area contributed by atoms with Crippen molar-refractivity contribution in [3.8, 4) is 16.9 Å². The van der Waals surface area contributed by atoms with E-state index in [9.17, 15) is 0 Å². The van der Waals surface area contributed by atoms with Crippen molar-refractivity contribution in [3.63, 3.8) is 0 Å². The van der Waals surface area contributed by atoms with Crippen LogP contribution < -0.4 is 4.74 Å². The molecule has 0 saturated carbocycles. The summed E-state index contributed by atoms with van der Waals surface area (Å²) in [6.45, 7) is 0. The molecule has 0 saturated heterocycles. The van der Waals surface area contributed by atoms with Gasteiger partial charge in [-0.2, -0.15) is 0 Å². The Bertz CT molecular complexity index is 982. The quantitative estimate of drug-likeness (QED) is 0.505. The van der Waals surface area contributed by atoms with Crippen LogP contribution in [0.25, 0.3) is 32.9 Å². The lowest BCUT2D eigenvalue weighted by Crippen LogP contribution is -1.87. The Kier molecular flexibility index (Phi) is 2.90. The van der Waals surface area contributed by atoms with Gasteiger partial charge >= 0.3 is 0 Å². The van der Waals surface area contributed by atoms with Crippen molar-refractivity contribution >= 4 is 21.8 Å². The van der Waals surface area contributed by atoms with Crippen LogP contribution in [0.1, 0.15) is 0 Å². The molecule has 1 heterocycles. The van der Waals surface area contributed by atoms with Gasteiger partial charge in [-0.25, -0.2) is 0 Å². The Hall–Kier alpha value is -2.74. The molecule has 0 unspecified atom stereocenters. The molecule has 0 spiro atoms. The number of aryl methyl sites for hydroxylation is 1. The summed E-state index contributed by atoms with van der Waals surface area (Å²) in [5.74, 6) is 0.884. The van der Waals surface area contributed by atoms with E-state index in [4.69, 9.17) is 4.74 Å². The SMILES string of the molecule is COc1cccc(-c2ccc3c4ccccc4n(C)c3c2)c1. The fourth-order valence-electron chi connectivity index (χ4n) is 3.14. The van der Waals surface area contributed by atoms with E-state index in [1.54, 1.807) is 7.11 Å². The van der Waals surface area contributed by atoms with Crippen LogP contribution in [0.3, 0.4) is 0 Å². The maximum absolute atomic E-state index is 5.33. The number of rotatable bonds is 2. The second kappa shape index (κ2) is 4.92. The highest BCUT2D eigenvalue weighted by atomic mass is 16.5. The van der Waals surface area contributed by atoms with Crippen molar-refractivity contribution in [1.29, 1.82) is 0 Å². The number of hydrogen-bond donors (Lipinski definition) is 0. The first-order valence-electron chi connectivity index (χ1n) is 7.39. The average molecular weight is 287 g/mol. The molecule has 0 aliphatic heterocycles. The first kappa shape index (κ1) is 13.0. The van der Waals surface area contributed by atoms with Crippen molar-refractivity contribution in [2.75, 3.05) is 7.11 Å². The molecule has 2 heteroatoms. The minimum Gasteiger partial charge on any atom is -0.497 e. The fourth-order valence-corrected chi connectivity index (χ4v) is 3.14. The average Bonchev–Trinajstić information content (AvgIpc) is 2.88. The summed E-state index contributed by atoms with van der Waals surface area (Å²) in [6.07, 6.45) is 0. The number of aromatic nitrogens is 1. The Balaban J connectivity index is 1.97. The van der Waals surface area contributed by atoms with Crippen LogP contribution in [0.15, 0.2) is 66.7 Å². The molecular formula is C20H17NO. The van der Waals surface area contributed by atoms with Gasteiger partial charge in [-0.05, 0) is 35.4 Å². The predicted octanol–water partition coefficient (Wildman–Crippen LogP) is 5.01. The van der Waals surface area contributed by atoms with Crippen molar-refractivity contribution in [2.45, 2.75) is 0 Å². The molecule has 4 aromatic rings. The first-order valence-corrected chi connectivity index (χ1v) is 7.39. The summed E-state index contributed by atoms with van der Waals surface area (Å²) in [6, 6.07) is 23.4. The maximum Gasteiger partial charge on any atom is 0.119 e. The largest absolute Gasteiger partial charge is 0.497 e. The number of benzene rings is 3. The number of nitrogens with zero attached hydrogens (tertiary/aromatic N) is 1. The molecule has 4 rings (SSSR count). The Morgan fingerprint density at radius 2 is 1.50 bits per heavy atom. The van der Waals surface area contributed by atoms with Gasteiger partial charge < -0.3 is 9.30 Å². The maximum atomic E-state index is 5.33. The summed E-state index contributed by atoms with van der Waals surface area (Å²) < 4.78 is 7.59. The van der Waals surface area contributed by atoms with Crippen LogP contribution in [-0.4, -0.2) is 11.7 Å². The monoisotopic (exact) mass is 287 g/mol. The van der Waals surface area contributed by atoms with E-state index >= 15 is 0 Å². The molecule has 0 bridgehead atoms. The van der Waals surface area contributed by atoms with Crippen LogP contribution in [0.4, 0.5) is 0 Å². The Morgan fingerprint density at radius 1 is 0.727 bits per heavy atom. The molecule has 0 atom stereocenters. The Labute approximate surface area is 129 Å². The van der Waals surface area contributed by atoms with Crippen LogP contribution in [-0.2, 0) is 7.05 Å². The van der Waals surface area contributed by atoms with Crippen molar-refractivity contribution in [3.05, 3.63) is 66.7 Å². The number of ether oxygens (including phenoxy) is 1. The highest BCUT2D eigenvalue weighted by molar-refractivity contribution is 6.08. The fraction of sp³-hybridized carbons (Fsp3) is 0.100. The standard InChI is InChI=1S/C20H17NO/c1-21-19-9-4-3-8-17(19)18-11-10-15(13-20(18)21)14-6-5-7-16(12-14)22-2/h3-13H,1-2H3. The summed E-state index contributed by atoms with van der Waals surface area (Å²) in [4.78, 5) is 0. The van der Waals surface area contributed by atoms with Crippen molar-refractivity contribution in [1.82, 2.24) is 4.57 Å². The molecule has 0 fully saturated rings. The van der Waals surface area contributed by atoms with Crippen LogP contribution in [0.5, 0.6) is 5.75 Å².